The molecule has 0 radical (unpaired) electrons. The molecular weight excluding hydrogens is 248 g/mol. The third-order valence-electron chi connectivity index (χ3n) is 2.08. The molecule has 2 rings (SSSR count). The number of hydrogen-bond donors (Lipinski definition) is 1. The van der Waals surface area contributed by atoms with E-state index in [1.54, 1.807) is 30.2 Å². The average molecular weight is 255 g/mol. The number of hydrogen-bond acceptors (Lipinski definition) is 2. The summed E-state index contributed by atoms with van der Waals surface area (Å²) in [5.41, 5.74) is 1.09. The molecule has 0 bridgehead atoms. The fourth-order valence-corrected chi connectivity index (χ4v) is 1.98. The summed E-state index contributed by atoms with van der Waals surface area (Å²) in [4.78, 5) is 14.9. The first-order valence-electron chi connectivity index (χ1n) is 3.93. The summed E-state index contributed by atoms with van der Waals surface area (Å²) in [6, 6.07) is 0. The second-order valence-electron chi connectivity index (χ2n) is 2.97. The molecule has 4 nitrogen and oxygen atoms in total. The van der Waals surface area contributed by atoms with Crippen LogP contribution >= 0.6 is 15.9 Å². The van der Waals surface area contributed by atoms with Gasteiger partial charge in [-0.15, -0.1) is 0 Å². The number of carboxylic acids is 1. The number of pyridine rings is 1. The van der Waals surface area contributed by atoms with Crippen LogP contribution in [0, 0.1) is 0 Å². The quantitative estimate of drug-likeness (QED) is 0.848. The zero-order chi connectivity index (χ0) is 10.3. The van der Waals surface area contributed by atoms with Gasteiger partial charge in [0.1, 0.15) is 0 Å². The first-order chi connectivity index (χ1) is 6.61. The lowest BCUT2D eigenvalue weighted by atomic mass is 10.2. The lowest BCUT2D eigenvalue weighted by Gasteiger charge is -1.96. The van der Waals surface area contributed by atoms with Crippen molar-refractivity contribution in [2.75, 3.05) is 0 Å². The van der Waals surface area contributed by atoms with Crippen molar-refractivity contribution in [1.82, 2.24) is 9.55 Å². The number of halogens is 1. The van der Waals surface area contributed by atoms with E-state index < -0.39 is 5.97 Å². The van der Waals surface area contributed by atoms with Crippen LogP contribution in [0.4, 0.5) is 0 Å². The van der Waals surface area contributed by atoms with Crippen molar-refractivity contribution in [1.29, 1.82) is 0 Å². The smallest absolute Gasteiger partial charge is 0.337 e. The summed E-state index contributed by atoms with van der Waals surface area (Å²) in [6.45, 7) is 0. The van der Waals surface area contributed by atoms with Gasteiger partial charge in [-0.1, -0.05) is 0 Å². The van der Waals surface area contributed by atoms with Gasteiger partial charge < -0.3 is 9.67 Å². The van der Waals surface area contributed by atoms with Gasteiger partial charge in [0.15, 0.2) is 0 Å². The third kappa shape index (κ3) is 1.21. The van der Waals surface area contributed by atoms with Gasteiger partial charge in [-0.05, 0) is 15.9 Å². The van der Waals surface area contributed by atoms with E-state index >= 15 is 0 Å². The van der Waals surface area contributed by atoms with Crippen LogP contribution in [-0.4, -0.2) is 20.6 Å². The molecule has 0 aliphatic carbocycles. The Hall–Kier alpha value is -1.36. The van der Waals surface area contributed by atoms with Crippen molar-refractivity contribution in [2.45, 2.75) is 0 Å². The Kier molecular flexibility index (Phi) is 2.03. The number of rotatable bonds is 1. The summed E-state index contributed by atoms with van der Waals surface area (Å²) in [6.07, 6.45) is 4.82. The van der Waals surface area contributed by atoms with E-state index in [2.05, 4.69) is 20.9 Å². The van der Waals surface area contributed by atoms with E-state index in [9.17, 15) is 4.79 Å². The van der Waals surface area contributed by atoms with Crippen LogP contribution in [0.15, 0.2) is 23.1 Å². The third-order valence-corrected chi connectivity index (χ3v) is 2.68. The summed E-state index contributed by atoms with van der Waals surface area (Å²) in [5, 5.41) is 9.66. The Morgan fingerprint density at radius 3 is 2.93 bits per heavy atom. The minimum Gasteiger partial charge on any atom is -0.478 e. The Balaban J connectivity index is 2.93. The van der Waals surface area contributed by atoms with Crippen LogP contribution in [0.5, 0.6) is 0 Å². The lowest BCUT2D eigenvalue weighted by Crippen LogP contribution is -1.94. The summed E-state index contributed by atoms with van der Waals surface area (Å²) in [5.74, 6) is -0.928. The number of fused-ring (bicyclic) bond motifs is 1. The van der Waals surface area contributed by atoms with Crippen molar-refractivity contribution in [3.8, 4) is 0 Å². The zero-order valence-electron chi connectivity index (χ0n) is 7.36. The van der Waals surface area contributed by atoms with Gasteiger partial charge in [0.05, 0.1) is 17.3 Å². The summed E-state index contributed by atoms with van der Waals surface area (Å²) in [7, 11) is 1.79. The fraction of sp³-hybridized carbons (Fsp3) is 0.111. The normalized spacial score (nSPS) is 10.7. The van der Waals surface area contributed by atoms with Crippen molar-refractivity contribution < 1.29 is 9.90 Å². The number of carbonyl (C=O) groups is 1. The Morgan fingerprint density at radius 2 is 2.29 bits per heavy atom. The molecule has 0 fully saturated rings. The van der Waals surface area contributed by atoms with E-state index in [4.69, 9.17) is 5.11 Å². The molecule has 0 aromatic carbocycles. The van der Waals surface area contributed by atoms with Crippen LogP contribution < -0.4 is 0 Å². The SMILES string of the molecule is Cn1cc(C(=O)O)c2c(Br)cncc21. The number of carboxylic acid groups (broad SMARTS) is 1. The van der Waals surface area contributed by atoms with Gasteiger partial charge in [0.2, 0.25) is 0 Å². The number of aromatic carboxylic acids is 1. The maximum Gasteiger partial charge on any atom is 0.337 e. The van der Waals surface area contributed by atoms with Crippen molar-refractivity contribution >= 4 is 32.8 Å². The number of aromatic nitrogens is 2. The number of nitrogens with zero attached hydrogens (tertiary/aromatic N) is 2. The van der Waals surface area contributed by atoms with Crippen LogP contribution in [0.3, 0.4) is 0 Å². The van der Waals surface area contributed by atoms with Gasteiger partial charge in [-0.2, -0.15) is 0 Å². The second kappa shape index (κ2) is 3.09. The molecular formula is C9H7BrN2O2. The molecule has 2 heterocycles. The lowest BCUT2D eigenvalue weighted by molar-refractivity contribution is 0.0699. The van der Waals surface area contributed by atoms with Crippen LogP contribution in [-0.2, 0) is 7.05 Å². The summed E-state index contributed by atoms with van der Waals surface area (Å²) >= 11 is 3.29. The van der Waals surface area contributed by atoms with Gasteiger partial charge in [-0.3, -0.25) is 4.98 Å². The molecule has 0 saturated carbocycles. The molecule has 0 spiro atoms. The standard InChI is InChI=1S/C9H7BrN2O2/c1-12-4-5(9(13)14)8-6(10)2-11-3-7(8)12/h2-4H,1H3,(H,13,14). The first-order valence-corrected chi connectivity index (χ1v) is 4.72. The maximum absolute atomic E-state index is 10.9. The van der Waals surface area contributed by atoms with Gasteiger partial charge in [-0.25, -0.2) is 4.79 Å². The average Bonchev–Trinajstić information content (AvgIpc) is 2.46. The Labute approximate surface area is 88.3 Å². The molecule has 14 heavy (non-hydrogen) atoms. The minimum absolute atomic E-state index is 0.289. The monoisotopic (exact) mass is 254 g/mol. The van der Waals surface area contributed by atoms with E-state index in [0.717, 1.165) is 5.52 Å². The highest BCUT2D eigenvalue weighted by Crippen LogP contribution is 2.27. The van der Waals surface area contributed by atoms with E-state index in [0.29, 0.717) is 9.86 Å². The van der Waals surface area contributed by atoms with Gasteiger partial charge in [0, 0.05) is 29.3 Å². The first kappa shape index (κ1) is 9.21. The topological polar surface area (TPSA) is 55.1 Å². The van der Waals surface area contributed by atoms with E-state index in [-0.39, 0.29) is 5.56 Å². The van der Waals surface area contributed by atoms with Crippen LogP contribution in [0.2, 0.25) is 0 Å². The predicted octanol–water partition coefficient (Wildman–Crippen LogP) is 2.03. The molecule has 0 amide bonds. The molecule has 0 atom stereocenters. The van der Waals surface area contributed by atoms with Crippen LogP contribution in [0.1, 0.15) is 10.4 Å². The van der Waals surface area contributed by atoms with Crippen molar-refractivity contribution in [3.63, 3.8) is 0 Å². The molecule has 1 N–H and O–H groups in total. The Bertz CT molecular complexity index is 519. The number of aryl methyl sites for hydroxylation is 1. The van der Waals surface area contributed by atoms with Crippen LogP contribution in [0.25, 0.3) is 10.9 Å². The highest BCUT2D eigenvalue weighted by Gasteiger charge is 2.14. The maximum atomic E-state index is 10.9. The molecule has 72 valence electrons. The molecule has 2 aromatic heterocycles. The van der Waals surface area contributed by atoms with Gasteiger partial charge in [0.25, 0.3) is 0 Å². The van der Waals surface area contributed by atoms with Crippen molar-refractivity contribution in [2.24, 2.45) is 7.05 Å². The molecule has 0 saturated heterocycles. The van der Waals surface area contributed by atoms with E-state index in [1.807, 2.05) is 0 Å². The molecule has 2 aromatic rings. The fourth-order valence-electron chi connectivity index (χ4n) is 1.45. The molecule has 0 aliphatic rings. The summed E-state index contributed by atoms with van der Waals surface area (Å²) < 4.78 is 2.45. The largest absolute Gasteiger partial charge is 0.478 e. The van der Waals surface area contributed by atoms with Crippen molar-refractivity contribution in [3.05, 3.63) is 28.6 Å². The molecule has 5 heteroatoms. The molecule has 0 unspecified atom stereocenters. The highest BCUT2D eigenvalue weighted by molar-refractivity contribution is 9.10. The Morgan fingerprint density at radius 1 is 1.57 bits per heavy atom. The zero-order valence-corrected chi connectivity index (χ0v) is 8.95. The molecule has 0 aliphatic heterocycles. The minimum atomic E-state index is -0.928. The second-order valence-corrected chi connectivity index (χ2v) is 3.83. The van der Waals surface area contributed by atoms with E-state index in [1.165, 1.54) is 0 Å². The van der Waals surface area contributed by atoms with Gasteiger partial charge >= 0.3 is 5.97 Å². The predicted molar refractivity (Wildman–Crippen MR) is 55.4 cm³/mol. The highest BCUT2D eigenvalue weighted by atomic mass is 79.9.